The minimum absolute atomic E-state index is 0.0140. The van der Waals surface area contributed by atoms with E-state index in [2.05, 4.69) is 63.7 Å². The summed E-state index contributed by atoms with van der Waals surface area (Å²) >= 11 is 13.4. The van der Waals surface area contributed by atoms with E-state index in [-0.39, 0.29) is 22.6 Å². The van der Waals surface area contributed by atoms with Gasteiger partial charge in [-0.2, -0.15) is 16.8 Å². The second-order valence-corrected chi connectivity index (χ2v) is 15.9. The van der Waals surface area contributed by atoms with Crippen molar-refractivity contribution in [3.63, 3.8) is 0 Å². The molecule has 0 fully saturated rings. The minimum Gasteiger partial charge on any atom is -0.507 e. The monoisotopic (exact) mass is 974 g/mol. The lowest BCUT2D eigenvalue weighted by molar-refractivity contribution is 0.289. The average Bonchev–Trinajstić information content (AvgIpc) is 3.63. The van der Waals surface area contributed by atoms with Crippen LogP contribution in [0.1, 0.15) is 11.1 Å². The molecule has 0 saturated heterocycles. The number of aromatic hydroxyl groups is 2. The second-order valence-electron chi connectivity index (χ2n) is 10.4. The second kappa shape index (κ2) is 13.8. The van der Waals surface area contributed by atoms with E-state index in [9.17, 15) is 36.2 Å². The highest BCUT2D eigenvalue weighted by Gasteiger charge is 2.23. The van der Waals surface area contributed by atoms with E-state index in [0.29, 0.717) is 62.1 Å². The predicted molar refractivity (Wildman–Crippen MR) is 199 cm³/mol. The maximum absolute atomic E-state index is 12.0. The summed E-state index contributed by atoms with van der Waals surface area (Å²) in [5.74, 6) is -1.64. The molecule has 50 heavy (non-hydrogen) atoms. The zero-order valence-corrected chi connectivity index (χ0v) is 32.4. The largest absolute Gasteiger partial charge is 0.507 e. The van der Waals surface area contributed by atoms with Gasteiger partial charge in [-0.3, -0.25) is 9.11 Å². The summed E-state index contributed by atoms with van der Waals surface area (Å²) in [6.45, 7) is 0. The lowest BCUT2D eigenvalue weighted by atomic mass is 10.0. The molecule has 0 unspecified atom stereocenters. The van der Waals surface area contributed by atoms with Crippen molar-refractivity contribution >= 4 is 119 Å². The number of hydrogen-bond donors (Lipinski definition) is 4. The lowest BCUT2D eigenvalue weighted by Gasteiger charge is -2.12. The highest BCUT2D eigenvalue weighted by Crippen LogP contribution is 2.41. The van der Waals surface area contributed by atoms with E-state index in [1.165, 1.54) is 36.8 Å². The molecule has 4 aromatic carbocycles. The first-order chi connectivity index (χ1) is 23.5. The molecule has 0 amide bonds. The number of halogens is 4. The maximum Gasteiger partial charge on any atom is 0.446 e. The molecule has 12 nitrogen and oxygen atoms in total. The van der Waals surface area contributed by atoms with Crippen LogP contribution in [0.4, 0.5) is 0 Å². The van der Waals surface area contributed by atoms with E-state index in [4.69, 9.17) is 17.2 Å². The fourth-order valence-electron chi connectivity index (χ4n) is 5.00. The molecule has 18 heteroatoms. The van der Waals surface area contributed by atoms with Gasteiger partial charge >= 0.3 is 20.8 Å². The molecular weight excluding hydrogens is 960 g/mol. The molecule has 0 atom stereocenters. The Hall–Kier alpha value is -3.62. The van der Waals surface area contributed by atoms with Crippen LogP contribution in [-0.4, -0.2) is 36.2 Å². The van der Waals surface area contributed by atoms with Crippen LogP contribution in [-0.2, 0) is 29.2 Å². The zero-order valence-electron chi connectivity index (χ0n) is 24.5. The quantitative estimate of drug-likeness (QED) is 0.0610. The Kier molecular flexibility index (Phi) is 10.0. The molecular formula is C32H18Br4O12S2. The fourth-order valence-corrected chi connectivity index (χ4v) is 7.61. The Morgan fingerprint density at radius 1 is 0.580 bits per heavy atom. The summed E-state index contributed by atoms with van der Waals surface area (Å²) in [5.41, 5.74) is 3.66. The summed E-state index contributed by atoms with van der Waals surface area (Å²) in [7, 11) is -10.6. The van der Waals surface area contributed by atoms with Gasteiger partial charge in [-0.25, -0.2) is 0 Å². The Balaban J connectivity index is 1.53. The van der Waals surface area contributed by atoms with Crippen LogP contribution in [0, 0.1) is 0 Å². The fraction of sp³-hybridized carbons (Fsp3) is 0. The molecule has 4 N–H and O–H groups in total. The first-order valence-electron chi connectivity index (χ1n) is 13.6. The maximum atomic E-state index is 12.0. The highest BCUT2D eigenvalue weighted by atomic mass is 79.9. The van der Waals surface area contributed by atoms with E-state index in [1.807, 2.05) is 0 Å². The Labute approximate surface area is 317 Å². The molecule has 258 valence electrons. The molecule has 6 aromatic rings. The molecule has 2 heterocycles. The van der Waals surface area contributed by atoms with Crippen LogP contribution in [0.25, 0.3) is 56.3 Å². The summed E-state index contributed by atoms with van der Waals surface area (Å²) in [6, 6.07) is 15.7. The molecule has 0 aliphatic rings. The Morgan fingerprint density at radius 3 is 1.30 bits per heavy atom. The molecule has 0 bridgehead atoms. The van der Waals surface area contributed by atoms with Gasteiger partial charge in [-0.1, -0.05) is 12.1 Å². The van der Waals surface area contributed by atoms with E-state index in [1.54, 1.807) is 36.4 Å². The van der Waals surface area contributed by atoms with E-state index < -0.39 is 32.3 Å². The lowest BCUT2D eigenvalue weighted by Crippen LogP contribution is -2.11. The number of fused-ring (bicyclic) bond motifs is 2. The standard InChI is InChI=1S/C32H18Br4O12S2/c33-23-11-17(1-3-27(23)37)21-13-45-31-19(21)5-15(7-25(31)35)9-29(47-49(39,40)41)30(48-50(42,43)44)10-16-6-20-22(14-46-32(20)26(36)8-16)18-2-4-28(38)24(34)12-18/h1-14,37-38H,(H,39,40,41)(H,42,43,44)/b29-9-,30-10+. The zero-order chi connectivity index (χ0) is 36.1. The first kappa shape index (κ1) is 36.2. The van der Waals surface area contributed by atoms with Gasteiger partial charge in [0.25, 0.3) is 0 Å². The van der Waals surface area contributed by atoms with Crippen LogP contribution in [0.5, 0.6) is 11.5 Å². The molecule has 0 radical (unpaired) electrons. The molecule has 0 aliphatic carbocycles. The van der Waals surface area contributed by atoms with Crippen molar-refractivity contribution in [3.8, 4) is 33.8 Å². The van der Waals surface area contributed by atoms with Crippen molar-refractivity contribution in [2.75, 3.05) is 0 Å². The molecule has 0 aliphatic heterocycles. The topological polar surface area (TPSA) is 194 Å². The average molecular weight is 978 g/mol. The Bertz CT molecular complexity index is 2440. The van der Waals surface area contributed by atoms with Crippen molar-refractivity contribution in [2.45, 2.75) is 0 Å². The normalized spacial score (nSPS) is 12.9. The van der Waals surface area contributed by atoms with Crippen molar-refractivity contribution < 1.29 is 53.4 Å². The predicted octanol–water partition coefficient (Wildman–Crippen LogP) is 9.99. The summed E-state index contributed by atoms with van der Waals surface area (Å²) in [5, 5.41) is 20.9. The molecule has 0 saturated carbocycles. The van der Waals surface area contributed by atoms with Crippen molar-refractivity contribution in [2.24, 2.45) is 0 Å². The SMILES string of the molecule is O=S(=O)(O)OC(=C\c1cc(Br)c2occ(-c3ccc(O)c(Br)c3)c2c1)/C(=C\c1cc(Br)c2occ(-c3ccc(O)c(Br)c3)c2c1)OS(=O)(=O)O. The van der Waals surface area contributed by atoms with Gasteiger partial charge in [-0.15, -0.1) is 0 Å². The van der Waals surface area contributed by atoms with Gasteiger partial charge in [0.1, 0.15) is 22.7 Å². The number of furan rings is 2. The van der Waals surface area contributed by atoms with Gasteiger partial charge in [0, 0.05) is 21.9 Å². The summed E-state index contributed by atoms with van der Waals surface area (Å²) < 4.78 is 90.3. The molecule has 2 aromatic heterocycles. The minimum atomic E-state index is -5.30. The number of rotatable bonds is 9. The smallest absolute Gasteiger partial charge is 0.446 e. The molecule has 0 spiro atoms. The third-order valence-electron chi connectivity index (χ3n) is 7.05. The van der Waals surface area contributed by atoms with Crippen molar-refractivity contribution in [1.82, 2.24) is 0 Å². The van der Waals surface area contributed by atoms with Crippen molar-refractivity contribution in [1.29, 1.82) is 0 Å². The van der Waals surface area contributed by atoms with Crippen LogP contribution in [0.2, 0.25) is 0 Å². The van der Waals surface area contributed by atoms with Gasteiger partial charge in [-0.05, 0) is 147 Å². The highest BCUT2D eigenvalue weighted by molar-refractivity contribution is 9.11. The third kappa shape index (κ3) is 7.97. The number of hydrogen-bond acceptors (Lipinski definition) is 10. The van der Waals surface area contributed by atoms with Gasteiger partial charge in [0.2, 0.25) is 0 Å². The summed E-state index contributed by atoms with van der Waals surface area (Å²) in [6.07, 6.45) is 5.06. The van der Waals surface area contributed by atoms with Gasteiger partial charge in [0.15, 0.2) is 11.5 Å². The number of phenols is 2. The van der Waals surface area contributed by atoms with E-state index >= 15 is 0 Å². The number of phenolic OH excluding ortho intramolecular Hbond substituents is 2. The number of benzene rings is 4. The van der Waals surface area contributed by atoms with Crippen LogP contribution in [0.15, 0.2) is 111 Å². The van der Waals surface area contributed by atoms with Crippen LogP contribution in [0.3, 0.4) is 0 Å². The van der Waals surface area contributed by atoms with Crippen LogP contribution >= 0.6 is 63.7 Å². The van der Waals surface area contributed by atoms with Gasteiger partial charge in [0.05, 0.1) is 30.4 Å². The van der Waals surface area contributed by atoms with Crippen LogP contribution < -0.4 is 0 Å². The molecule has 6 rings (SSSR count). The van der Waals surface area contributed by atoms with Crippen molar-refractivity contribution in [3.05, 3.63) is 114 Å². The third-order valence-corrected chi connectivity index (χ3v) is 10.3. The first-order valence-corrected chi connectivity index (χ1v) is 19.5. The van der Waals surface area contributed by atoms with Gasteiger partial charge < -0.3 is 27.4 Å². The summed E-state index contributed by atoms with van der Waals surface area (Å²) in [4.78, 5) is 0. The Morgan fingerprint density at radius 2 is 0.960 bits per heavy atom. The van der Waals surface area contributed by atoms with E-state index in [0.717, 1.165) is 12.2 Å².